The molecule has 1 aliphatic rings. The fraction of sp³-hybridized carbons (Fsp3) is 0.667. The second kappa shape index (κ2) is 5.22. The molecular formula is C12H18N2O3S. The van der Waals surface area contributed by atoms with Crippen LogP contribution in [0.1, 0.15) is 36.7 Å². The van der Waals surface area contributed by atoms with Crippen LogP contribution in [-0.4, -0.2) is 35.5 Å². The molecule has 0 spiro atoms. The maximum atomic E-state index is 12.1. The summed E-state index contributed by atoms with van der Waals surface area (Å²) < 4.78 is 24.4. The Kier molecular flexibility index (Phi) is 3.85. The van der Waals surface area contributed by atoms with E-state index in [0.717, 1.165) is 13.0 Å². The quantitative estimate of drug-likeness (QED) is 0.756. The molecule has 2 rings (SSSR count). The minimum atomic E-state index is -2.90. The van der Waals surface area contributed by atoms with Crippen molar-refractivity contribution in [2.24, 2.45) is 5.92 Å². The predicted molar refractivity (Wildman–Crippen MR) is 68.2 cm³/mol. The number of nitrogens with zero attached hydrogens (tertiary/aromatic N) is 2. The first-order valence-electron chi connectivity index (χ1n) is 6.27. The number of hydrogen-bond donors (Lipinski definition) is 0. The minimum absolute atomic E-state index is 0.00282. The number of aryl methyl sites for hydroxylation is 1. The number of sulfone groups is 1. The van der Waals surface area contributed by atoms with E-state index in [2.05, 4.69) is 5.10 Å². The average Bonchev–Trinajstić information content (AvgIpc) is 2.86. The van der Waals surface area contributed by atoms with Crippen LogP contribution in [0.3, 0.4) is 0 Å². The van der Waals surface area contributed by atoms with Crippen LogP contribution in [0.15, 0.2) is 12.3 Å². The third-order valence-corrected chi connectivity index (χ3v) is 5.08. The number of hydrogen-bond acceptors (Lipinski definition) is 4. The van der Waals surface area contributed by atoms with E-state index >= 15 is 0 Å². The summed E-state index contributed by atoms with van der Waals surface area (Å²) in [6.07, 6.45) is 3.46. The zero-order valence-corrected chi connectivity index (χ0v) is 11.3. The summed E-state index contributed by atoms with van der Waals surface area (Å²) in [5.74, 6) is 0.357. The number of aromatic nitrogens is 2. The van der Waals surface area contributed by atoms with Gasteiger partial charge in [-0.1, -0.05) is 6.92 Å². The maximum Gasteiger partial charge on any atom is 0.181 e. The van der Waals surface area contributed by atoms with Gasteiger partial charge in [0.15, 0.2) is 15.6 Å². The average molecular weight is 270 g/mol. The highest BCUT2D eigenvalue weighted by Gasteiger charge is 2.30. The fourth-order valence-corrected chi connectivity index (χ4v) is 4.22. The van der Waals surface area contributed by atoms with E-state index in [1.165, 1.54) is 0 Å². The lowest BCUT2D eigenvalue weighted by Gasteiger charge is -2.08. The second-order valence-corrected chi connectivity index (χ2v) is 7.06. The molecule has 1 fully saturated rings. The van der Waals surface area contributed by atoms with Crippen LogP contribution in [0, 0.1) is 5.92 Å². The molecule has 0 aromatic carbocycles. The van der Waals surface area contributed by atoms with Crippen LogP contribution in [-0.2, 0) is 16.4 Å². The van der Waals surface area contributed by atoms with E-state index in [0.29, 0.717) is 18.5 Å². The molecule has 0 N–H and O–H groups in total. The van der Waals surface area contributed by atoms with Crippen molar-refractivity contribution in [2.75, 3.05) is 11.5 Å². The number of rotatable bonds is 5. The fourth-order valence-electron chi connectivity index (χ4n) is 2.36. The molecule has 6 heteroatoms. The molecule has 1 unspecified atom stereocenters. The number of Topliss-reactive ketones (excluding diaryl/α,β-unsaturated/α-hetero) is 1. The van der Waals surface area contributed by atoms with E-state index in [-0.39, 0.29) is 23.2 Å². The highest BCUT2D eigenvalue weighted by Crippen LogP contribution is 2.23. The molecule has 1 aliphatic heterocycles. The summed E-state index contributed by atoms with van der Waals surface area (Å²) in [6.45, 7) is 2.75. The lowest BCUT2D eigenvalue weighted by molar-refractivity contribution is 0.0955. The predicted octanol–water partition coefficient (Wildman–Crippen LogP) is 1.30. The van der Waals surface area contributed by atoms with Gasteiger partial charge in [-0.05, 0) is 24.8 Å². The Morgan fingerprint density at radius 3 is 2.94 bits per heavy atom. The molecule has 18 heavy (non-hydrogen) atoms. The Morgan fingerprint density at radius 2 is 2.33 bits per heavy atom. The molecule has 0 bridgehead atoms. The molecular weight excluding hydrogens is 252 g/mol. The molecule has 0 saturated carbocycles. The molecule has 0 amide bonds. The summed E-state index contributed by atoms with van der Waals surface area (Å²) in [5.41, 5.74) is 0.598. The normalized spacial score (nSPS) is 22.2. The van der Waals surface area contributed by atoms with Gasteiger partial charge in [-0.25, -0.2) is 8.42 Å². The van der Waals surface area contributed by atoms with E-state index in [4.69, 9.17) is 0 Å². The molecule has 100 valence electrons. The van der Waals surface area contributed by atoms with Gasteiger partial charge in [0.25, 0.3) is 0 Å². The SMILES string of the molecule is CCCn1nccc1C(=O)CC1CCS(=O)(=O)C1. The van der Waals surface area contributed by atoms with Gasteiger partial charge in [0.1, 0.15) is 5.69 Å². The maximum absolute atomic E-state index is 12.1. The van der Waals surface area contributed by atoms with Crippen LogP contribution in [0.4, 0.5) is 0 Å². The van der Waals surface area contributed by atoms with Gasteiger partial charge >= 0.3 is 0 Å². The third kappa shape index (κ3) is 2.98. The summed E-state index contributed by atoms with van der Waals surface area (Å²) in [6, 6.07) is 1.71. The van der Waals surface area contributed by atoms with Crippen LogP contribution in [0.5, 0.6) is 0 Å². The van der Waals surface area contributed by atoms with Crippen LogP contribution < -0.4 is 0 Å². The summed E-state index contributed by atoms with van der Waals surface area (Å²) in [4.78, 5) is 12.1. The largest absolute Gasteiger partial charge is 0.292 e. The van der Waals surface area contributed by atoms with E-state index in [9.17, 15) is 13.2 Å². The van der Waals surface area contributed by atoms with Crippen molar-refractivity contribution < 1.29 is 13.2 Å². The Bertz CT molecular complexity index is 533. The zero-order chi connectivity index (χ0) is 13.2. The number of ketones is 1. The van der Waals surface area contributed by atoms with Crippen LogP contribution in [0.25, 0.3) is 0 Å². The highest BCUT2D eigenvalue weighted by atomic mass is 32.2. The van der Waals surface area contributed by atoms with Crippen LogP contribution >= 0.6 is 0 Å². The molecule has 1 aromatic heterocycles. The first-order chi connectivity index (χ1) is 8.52. The number of carbonyl (C=O) groups is 1. The van der Waals surface area contributed by atoms with Gasteiger partial charge in [0.05, 0.1) is 11.5 Å². The van der Waals surface area contributed by atoms with Crippen molar-refractivity contribution in [3.05, 3.63) is 18.0 Å². The van der Waals surface area contributed by atoms with E-state index in [1.54, 1.807) is 16.9 Å². The molecule has 1 saturated heterocycles. The first kappa shape index (κ1) is 13.3. The Labute approximate surface area is 107 Å². The molecule has 0 aliphatic carbocycles. The molecule has 1 atom stereocenters. The van der Waals surface area contributed by atoms with Gasteiger partial charge in [0.2, 0.25) is 0 Å². The topological polar surface area (TPSA) is 69.0 Å². The Hall–Kier alpha value is -1.17. The van der Waals surface area contributed by atoms with E-state index in [1.807, 2.05) is 6.92 Å². The Balaban J connectivity index is 2.02. The minimum Gasteiger partial charge on any atom is -0.292 e. The number of carbonyl (C=O) groups excluding carboxylic acids is 1. The first-order valence-corrected chi connectivity index (χ1v) is 8.09. The van der Waals surface area contributed by atoms with Gasteiger partial charge < -0.3 is 0 Å². The van der Waals surface area contributed by atoms with Gasteiger partial charge in [0, 0.05) is 19.2 Å². The summed E-state index contributed by atoms with van der Waals surface area (Å²) >= 11 is 0. The van der Waals surface area contributed by atoms with Crippen molar-refractivity contribution in [1.82, 2.24) is 9.78 Å². The zero-order valence-electron chi connectivity index (χ0n) is 10.5. The second-order valence-electron chi connectivity index (χ2n) is 4.84. The highest BCUT2D eigenvalue weighted by molar-refractivity contribution is 7.91. The van der Waals surface area contributed by atoms with Crippen molar-refractivity contribution in [1.29, 1.82) is 0 Å². The Morgan fingerprint density at radius 1 is 1.56 bits per heavy atom. The van der Waals surface area contributed by atoms with E-state index < -0.39 is 9.84 Å². The third-order valence-electron chi connectivity index (χ3n) is 3.24. The van der Waals surface area contributed by atoms with Gasteiger partial charge in [-0.15, -0.1) is 0 Å². The van der Waals surface area contributed by atoms with Crippen LogP contribution in [0.2, 0.25) is 0 Å². The van der Waals surface area contributed by atoms with Gasteiger partial charge in [-0.2, -0.15) is 5.10 Å². The lowest BCUT2D eigenvalue weighted by Crippen LogP contribution is -2.15. The molecule has 2 heterocycles. The summed E-state index contributed by atoms with van der Waals surface area (Å²) in [7, 11) is -2.90. The monoisotopic (exact) mass is 270 g/mol. The standard InChI is InChI=1S/C12H18N2O3S/c1-2-6-14-11(3-5-13-14)12(15)8-10-4-7-18(16,17)9-10/h3,5,10H,2,4,6-9H2,1H3. The smallest absolute Gasteiger partial charge is 0.181 e. The van der Waals surface area contributed by atoms with Crippen molar-refractivity contribution in [3.8, 4) is 0 Å². The van der Waals surface area contributed by atoms with Crippen molar-refractivity contribution in [3.63, 3.8) is 0 Å². The van der Waals surface area contributed by atoms with Crippen molar-refractivity contribution in [2.45, 2.75) is 32.7 Å². The van der Waals surface area contributed by atoms with Gasteiger partial charge in [-0.3, -0.25) is 9.48 Å². The molecule has 0 radical (unpaired) electrons. The molecule has 5 nitrogen and oxygen atoms in total. The molecule has 1 aromatic rings. The van der Waals surface area contributed by atoms with Crippen molar-refractivity contribution >= 4 is 15.6 Å². The summed E-state index contributed by atoms with van der Waals surface area (Å²) in [5, 5.41) is 4.11. The lowest BCUT2D eigenvalue weighted by atomic mass is 10.0.